The second-order valence-corrected chi connectivity index (χ2v) is 6.18. The van der Waals surface area contributed by atoms with E-state index < -0.39 is 11.9 Å². The zero-order chi connectivity index (χ0) is 17.8. The molecule has 0 amide bonds. The van der Waals surface area contributed by atoms with Crippen LogP contribution in [-0.2, 0) is 29.1 Å². The predicted molar refractivity (Wildman–Crippen MR) is 95.9 cm³/mol. The van der Waals surface area contributed by atoms with E-state index in [1.807, 2.05) is 0 Å². The van der Waals surface area contributed by atoms with Gasteiger partial charge >= 0.3 is 11.9 Å². The molecule has 0 unspecified atom stereocenters. The van der Waals surface area contributed by atoms with Gasteiger partial charge in [-0.1, -0.05) is 84.5 Å². The maximum atomic E-state index is 10.2. The standard InChI is InChI=1S/C11H22O2.C8H16O2.Zn/c1-2-3-4-5-6-7-8-9-10-11(12)13;1-2-3-4-5-6-7-8(9)10;/h2-10H2,1H3,(H,12,13);2-7H2,1H3,(H,9,10);. The minimum Gasteiger partial charge on any atom is -0.481 e. The Labute approximate surface area is 161 Å². The molecule has 0 bridgehead atoms. The number of hydrogen-bond acceptors (Lipinski definition) is 2. The summed E-state index contributed by atoms with van der Waals surface area (Å²) in [6.45, 7) is 4.37. The van der Waals surface area contributed by atoms with Crippen molar-refractivity contribution in [1.82, 2.24) is 0 Å². The number of carboxylic acids is 2. The van der Waals surface area contributed by atoms with Gasteiger partial charge in [-0.2, -0.15) is 0 Å². The first-order chi connectivity index (χ1) is 11.0. The summed E-state index contributed by atoms with van der Waals surface area (Å²) in [7, 11) is 0. The molecule has 0 aliphatic heterocycles. The first-order valence-corrected chi connectivity index (χ1v) is 9.48. The smallest absolute Gasteiger partial charge is 0.303 e. The van der Waals surface area contributed by atoms with Gasteiger partial charge in [0.2, 0.25) is 0 Å². The molecule has 0 fully saturated rings. The minimum atomic E-state index is -0.670. The molecule has 0 spiro atoms. The van der Waals surface area contributed by atoms with Crippen LogP contribution >= 0.6 is 0 Å². The minimum absolute atomic E-state index is 0. The Bertz CT molecular complexity index is 270. The van der Waals surface area contributed by atoms with Gasteiger partial charge in [-0.25, -0.2) is 0 Å². The van der Waals surface area contributed by atoms with Crippen LogP contribution in [-0.4, -0.2) is 22.2 Å². The van der Waals surface area contributed by atoms with Gasteiger partial charge in [0.15, 0.2) is 0 Å². The van der Waals surface area contributed by atoms with Gasteiger partial charge in [-0.15, -0.1) is 0 Å². The first-order valence-electron chi connectivity index (χ1n) is 9.48. The van der Waals surface area contributed by atoms with Gasteiger partial charge in [0.05, 0.1) is 0 Å². The third-order valence-corrected chi connectivity index (χ3v) is 3.74. The Kier molecular flexibility index (Phi) is 29.3. The van der Waals surface area contributed by atoms with Crippen LogP contribution < -0.4 is 0 Å². The molecular formula is C19H38O4Zn. The molecule has 140 valence electrons. The van der Waals surface area contributed by atoms with Gasteiger partial charge in [-0.05, 0) is 12.8 Å². The Morgan fingerprint density at radius 3 is 1.04 bits per heavy atom. The van der Waals surface area contributed by atoms with Crippen molar-refractivity contribution in [3.63, 3.8) is 0 Å². The van der Waals surface area contributed by atoms with Gasteiger partial charge in [0.25, 0.3) is 0 Å². The Balaban J connectivity index is -0.000000364. The fourth-order valence-corrected chi connectivity index (χ4v) is 2.29. The molecular weight excluding hydrogens is 358 g/mol. The number of rotatable bonds is 15. The van der Waals surface area contributed by atoms with Crippen LogP contribution in [0.4, 0.5) is 0 Å². The molecule has 5 heteroatoms. The van der Waals surface area contributed by atoms with Crippen molar-refractivity contribution in [3.05, 3.63) is 0 Å². The summed E-state index contributed by atoms with van der Waals surface area (Å²) in [6.07, 6.45) is 15.9. The summed E-state index contributed by atoms with van der Waals surface area (Å²) < 4.78 is 0. The average Bonchev–Trinajstić information content (AvgIpc) is 2.50. The molecule has 0 rings (SSSR count). The van der Waals surface area contributed by atoms with E-state index in [1.165, 1.54) is 57.8 Å². The molecule has 0 radical (unpaired) electrons. The van der Waals surface area contributed by atoms with Crippen LogP contribution in [0.1, 0.15) is 110 Å². The topological polar surface area (TPSA) is 74.6 Å². The largest absolute Gasteiger partial charge is 0.481 e. The van der Waals surface area contributed by atoms with Crippen LogP contribution in [0.25, 0.3) is 0 Å². The molecule has 0 aromatic heterocycles. The molecule has 2 N–H and O–H groups in total. The fraction of sp³-hybridized carbons (Fsp3) is 0.895. The summed E-state index contributed by atoms with van der Waals surface area (Å²) in [5.41, 5.74) is 0. The normalized spacial score (nSPS) is 9.58. The summed E-state index contributed by atoms with van der Waals surface area (Å²) in [5, 5.41) is 16.7. The summed E-state index contributed by atoms with van der Waals surface area (Å²) >= 11 is 0. The van der Waals surface area contributed by atoms with E-state index in [0.717, 1.165) is 25.7 Å². The van der Waals surface area contributed by atoms with E-state index in [9.17, 15) is 9.59 Å². The SMILES string of the molecule is CCCCCCCC(=O)O.CCCCCCCCCCC(=O)O.[Zn]. The summed E-state index contributed by atoms with van der Waals surface area (Å²) in [4.78, 5) is 20.2. The molecule has 0 aliphatic rings. The third kappa shape index (κ3) is 33.2. The second kappa shape index (κ2) is 24.8. The summed E-state index contributed by atoms with van der Waals surface area (Å²) in [5.74, 6) is -1.33. The van der Waals surface area contributed by atoms with Gasteiger partial charge in [0.1, 0.15) is 0 Å². The monoisotopic (exact) mass is 394 g/mol. The van der Waals surface area contributed by atoms with Crippen molar-refractivity contribution in [2.24, 2.45) is 0 Å². The zero-order valence-electron chi connectivity index (χ0n) is 16.0. The number of aliphatic carboxylic acids is 2. The second-order valence-electron chi connectivity index (χ2n) is 6.18. The van der Waals surface area contributed by atoms with E-state index in [0.29, 0.717) is 12.8 Å². The predicted octanol–water partition coefficient (Wildman–Crippen LogP) is 6.03. The molecule has 0 aromatic rings. The van der Waals surface area contributed by atoms with Crippen LogP contribution in [0.15, 0.2) is 0 Å². The third-order valence-electron chi connectivity index (χ3n) is 3.74. The number of hydrogen-bond donors (Lipinski definition) is 2. The maximum absolute atomic E-state index is 10.2. The van der Waals surface area contributed by atoms with Crippen LogP contribution in [0.3, 0.4) is 0 Å². The quantitative estimate of drug-likeness (QED) is 0.262. The summed E-state index contributed by atoms with van der Waals surface area (Å²) in [6, 6.07) is 0. The Hall–Kier alpha value is -0.437. The molecule has 0 atom stereocenters. The van der Waals surface area contributed by atoms with Crippen LogP contribution in [0, 0.1) is 0 Å². The fourth-order valence-electron chi connectivity index (χ4n) is 2.29. The van der Waals surface area contributed by atoms with E-state index in [2.05, 4.69) is 13.8 Å². The Morgan fingerprint density at radius 1 is 0.542 bits per heavy atom. The molecule has 0 saturated heterocycles. The molecule has 0 heterocycles. The van der Waals surface area contributed by atoms with E-state index in [4.69, 9.17) is 10.2 Å². The van der Waals surface area contributed by atoms with Gasteiger partial charge < -0.3 is 10.2 Å². The van der Waals surface area contributed by atoms with E-state index in [1.54, 1.807) is 0 Å². The average molecular weight is 396 g/mol. The van der Waals surface area contributed by atoms with Gasteiger partial charge in [0, 0.05) is 32.3 Å². The molecule has 0 aromatic carbocycles. The number of carboxylic acid groups (broad SMARTS) is 2. The number of unbranched alkanes of at least 4 members (excludes halogenated alkanes) is 11. The van der Waals surface area contributed by atoms with Crippen LogP contribution in [0.5, 0.6) is 0 Å². The maximum Gasteiger partial charge on any atom is 0.303 e. The van der Waals surface area contributed by atoms with Crippen molar-refractivity contribution in [1.29, 1.82) is 0 Å². The van der Waals surface area contributed by atoms with Crippen molar-refractivity contribution < 1.29 is 39.3 Å². The van der Waals surface area contributed by atoms with Crippen molar-refractivity contribution in [2.45, 2.75) is 110 Å². The zero-order valence-corrected chi connectivity index (χ0v) is 19.0. The first kappa shape index (κ1) is 28.4. The molecule has 4 nitrogen and oxygen atoms in total. The van der Waals surface area contributed by atoms with Crippen LogP contribution in [0.2, 0.25) is 0 Å². The molecule has 0 aliphatic carbocycles. The van der Waals surface area contributed by atoms with E-state index in [-0.39, 0.29) is 19.5 Å². The number of carbonyl (C=O) groups is 2. The molecule has 24 heavy (non-hydrogen) atoms. The Morgan fingerprint density at radius 2 is 0.792 bits per heavy atom. The van der Waals surface area contributed by atoms with Crippen molar-refractivity contribution >= 4 is 11.9 Å². The van der Waals surface area contributed by atoms with Crippen molar-refractivity contribution in [3.8, 4) is 0 Å². The van der Waals surface area contributed by atoms with E-state index >= 15 is 0 Å². The van der Waals surface area contributed by atoms with Gasteiger partial charge in [-0.3, -0.25) is 9.59 Å². The van der Waals surface area contributed by atoms with Crippen molar-refractivity contribution in [2.75, 3.05) is 0 Å². The molecule has 0 saturated carbocycles.